The summed E-state index contributed by atoms with van der Waals surface area (Å²) >= 11 is 5.80. The third-order valence-corrected chi connectivity index (χ3v) is 3.98. The van der Waals surface area contributed by atoms with Gasteiger partial charge in [0.25, 0.3) is 0 Å². The number of fused-ring (bicyclic) bond motifs is 1. The van der Waals surface area contributed by atoms with Gasteiger partial charge in [-0.2, -0.15) is 0 Å². The van der Waals surface area contributed by atoms with Gasteiger partial charge in [-0.15, -0.1) is 0 Å². The van der Waals surface area contributed by atoms with Crippen molar-refractivity contribution in [1.82, 2.24) is 4.57 Å². The zero-order valence-corrected chi connectivity index (χ0v) is 13.3. The lowest BCUT2D eigenvalue weighted by Crippen LogP contribution is -2.24. The number of hydrogen-bond donors (Lipinski definition) is 1. The van der Waals surface area contributed by atoms with Crippen molar-refractivity contribution in [2.75, 3.05) is 0 Å². The van der Waals surface area contributed by atoms with Gasteiger partial charge in [-0.05, 0) is 49.4 Å². The van der Waals surface area contributed by atoms with Crippen LogP contribution in [0.4, 0.5) is 0 Å². The Morgan fingerprint density at radius 2 is 1.75 bits per heavy atom. The molecule has 0 bridgehead atoms. The standard InChI is InChI=1S/C17H12ClNO5/c1-9(16(21)22)19-13-7-4-11(8-14(13)24-17(19)23)15(20)10-2-5-12(18)6-3-10/h2-9H,1H3,(H,21,22). The number of halogens is 1. The average Bonchev–Trinajstić information content (AvgIpc) is 2.88. The lowest BCUT2D eigenvalue weighted by atomic mass is 10.0. The van der Waals surface area contributed by atoms with E-state index in [0.717, 1.165) is 4.57 Å². The van der Waals surface area contributed by atoms with E-state index in [9.17, 15) is 14.4 Å². The molecule has 0 amide bonds. The maximum absolute atomic E-state index is 12.5. The van der Waals surface area contributed by atoms with Gasteiger partial charge in [0.2, 0.25) is 0 Å². The lowest BCUT2D eigenvalue weighted by molar-refractivity contribution is -0.140. The van der Waals surface area contributed by atoms with Crippen LogP contribution in [0.15, 0.2) is 51.7 Å². The Balaban J connectivity index is 2.07. The second-order valence-electron chi connectivity index (χ2n) is 5.27. The minimum atomic E-state index is -1.15. The van der Waals surface area contributed by atoms with Gasteiger partial charge in [-0.3, -0.25) is 9.36 Å². The fourth-order valence-electron chi connectivity index (χ4n) is 2.42. The molecule has 0 aliphatic carbocycles. The summed E-state index contributed by atoms with van der Waals surface area (Å²) < 4.78 is 6.12. The highest BCUT2D eigenvalue weighted by Crippen LogP contribution is 2.21. The minimum absolute atomic E-state index is 0.160. The highest BCUT2D eigenvalue weighted by Gasteiger charge is 2.21. The van der Waals surface area contributed by atoms with Crippen LogP contribution < -0.4 is 5.76 Å². The molecule has 3 aromatic rings. The van der Waals surface area contributed by atoms with Gasteiger partial charge in [0, 0.05) is 16.1 Å². The first-order valence-corrected chi connectivity index (χ1v) is 7.44. The Hall–Kier alpha value is -2.86. The van der Waals surface area contributed by atoms with E-state index in [-0.39, 0.29) is 11.4 Å². The SMILES string of the molecule is CC(C(=O)O)n1c(=O)oc2cc(C(=O)c3ccc(Cl)cc3)ccc21. The van der Waals surface area contributed by atoms with Gasteiger partial charge >= 0.3 is 11.7 Å². The lowest BCUT2D eigenvalue weighted by Gasteiger charge is -2.07. The molecule has 6 nitrogen and oxygen atoms in total. The maximum atomic E-state index is 12.5. The number of carboxylic acid groups (broad SMARTS) is 1. The highest BCUT2D eigenvalue weighted by molar-refractivity contribution is 6.30. The third-order valence-electron chi connectivity index (χ3n) is 3.73. The number of ketones is 1. The normalized spacial score (nSPS) is 12.2. The molecule has 1 atom stereocenters. The second kappa shape index (κ2) is 5.98. The van der Waals surface area contributed by atoms with Crippen LogP contribution in [-0.4, -0.2) is 21.4 Å². The molecule has 1 aromatic heterocycles. The van der Waals surface area contributed by atoms with E-state index in [0.29, 0.717) is 21.7 Å². The average molecular weight is 346 g/mol. The van der Waals surface area contributed by atoms with Gasteiger partial charge in [-0.25, -0.2) is 9.59 Å². The molecule has 2 aromatic carbocycles. The van der Waals surface area contributed by atoms with Gasteiger partial charge < -0.3 is 9.52 Å². The summed E-state index contributed by atoms with van der Waals surface area (Å²) in [5.41, 5.74) is 1.25. The van der Waals surface area contributed by atoms with Crippen molar-refractivity contribution >= 4 is 34.5 Å². The van der Waals surface area contributed by atoms with Crippen LogP contribution >= 0.6 is 11.6 Å². The van der Waals surface area contributed by atoms with Crippen molar-refractivity contribution in [3.05, 3.63) is 69.2 Å². The summed E-state index contributed by atoms with van der Waals surface area (Å²) in [6.07, 6.45) is 0. The first kappa shape index (κ1) is 16.0. The molecule has 0 saturated carbocycles. The summed E-state index contributed by atoms with van der Waals surface area (Å²) in [5, 5.41) is 9.61. The number of aliphatic carboxylic acids is 1. The molecule has 0 aliphatic rings. The zero-order chi connectivity index (χ0) is 17.4. The molecule has 24 heavy (non-hydrogen) atoms. The summed E-state index contributed by atoms with van der Waals surface area (Å²) in [6.45, 7) is 1.38. The molecular weight excluding hydrogens is 334 g/mol. The molecule has 0 saturated heterocycles. The minimum Gasteiger partial charge on any atom is -0.480 e. The molecule has 0 aliphatic heterocycles. The Labute approximate surface area is 140 Å². The number of carbonyl (C=O) groups is 2. The van der Waals surface area contributed by atoms with Crippen molar-refractivity contribution in [2.45, 2.75) is 13.0 Å². The monoisotopic (exact) mass is 345 g/mol. The van der Waals surface area contributed by atoms with E-state index in [1.807, 2.05) is 0 Å². The fraction of sp³-hybridized carbons (Fsp3) is 0.118. The molecule has 0 spiro atoms. The zero-order valence-electron chi connectivity index (χ0n) is 12.5. The van der Waals surface area contributed by atoms with Crippen LogP contribution in [-0.2, 0) is 4.79 Å². The predicted octanol–water partition coefficient (Wildman–Crippen LogP) is 3.12. The van der Waals surface area contributed by atoms with Crippen LogP contribution in [0.3, 0.4) is 0 Å². The van der Waals surface area contributed by atoms with E-state index in [2.05, 4.69) is 0 Å². The number of aromatic nitrogens is 1. The molecule has 122 valence electrons. The third kappa shape index (κ3) is 2.72. The Morgan fingerprint density at radius 1 is 1.12 bits per heavy atom. The number of benzene rings is 2. The van der Waals surface area contributed by atoms with E-state index in [1.165, 1.54) is 25.1 Å². The number of carbonyl (C=O) groups excluding carboxylic acids is 1. The number of nitrogens with zero attached hydrogens (tertiary/aromatic N) is 1. The van der Waals surface area contributed by atoms with Crippen molar-refractivity contribution in [1.29, 1.82) is 0 Å². The first-order chi connectivity index (χ1) is 11.4. The van der Waals surface area contributed by atoms with Gasteiger partial charge in [-0.1, -0.05) is 11.6 Å². The predicted molar refractivity (Wildman–Crippen MR) is 87.7 cm³/mol. The van der Waals surface area contributed by atoms with E-state index in [1.54, 1.807) is 24.3 Å². The molecule has 3 rings (SSSR count). The van der Waals surface area contributed by atoms with Crippen molar-refractivity contribution in [3.63, 3.8) is 0 Å². The quantitative estimate of drug-likeness (QED) is 0.734. The molecular formula is C17H12ClNO5. The molecule has 1 N–H and O–H groups in total. The smallest absolute Gasteiger partial charge is 0.420 e. The highest BCUT2D eigenvalue weighted by atomic mass is 35.5. The maximum Gasteiger partial charge on any atom is 0.420 e. The molecule has 0 fully saturated rings. The van der Waals surface area contributed by atoms with Crippen LogP contribution in [0.5, 0.6) is 0 Å². The summed E-state index contributed by atoms with van der Waals surface area (Å²) in [7, 11) is 0. The van der Waals surface area contributed by atoms with Gasteiger partial charge in [0.05, 0.1) is 5.52 Å². The van der Waals surface area contributed by atoms with Crippen molar-refractivity contribution < 1.29 is 19.1 Å². The summed E-state index contributed by atoms with van der Waals surface area (Å²) in [4.78, 5) is 35.5. The van der Waals surface area contributed by atoms with Crippen LogP contribution in [0.1, 0.15) is 28.9 Å². The Bertz CT molecular complexity index is 1000. The molecule has 1 heterocycles. The largest absolute Gasteiger partial charge is 0.480 e. The van der Waals surface area contributed by atoms with Gasteiger partial charge in [0.1, 0.15) is 6.04 Å². The molecule has 1 unspecified atom stereocenters. The molecule has 0 radical (unpaired) electrons. The Kier molecular flexibility index (Phi) is 3.99. The number of hydrogen-bond acceptors (Lipinski definition) is 4. The number of rotatable bonds is 4. The topological polar surface area (TPSA) is 89.5 Å². The number of carboxylic acids is 1. The van der Waals surface area contributed by atoms with E-state index < -0.39 is 17.8 Å². The van der Waals surface area contributed by atoms with E-state index >= 15 is 0 Å². The summed E-state index contributed by atoms with van der Waals surface area (Å²) in [5.74, 6) is -2.19. The number of oxazole rings is 1. The molecule has 7 heteroatoms. The van der Waals surface area contributed by atoms with Gasteiger partial charge in [0.15, 0.2) is 11.4 Å². The van der Waals surface area contributed by atoms with Crippen LogP contribution in [0.2, 0.25) is 5.02 Å². The second-order valence-corrected chi connectivity index (χ2v) is 5.71. The first-order valence-electron chi connectivity index (χ1n) is 7.06. The summed E-state index contributed by atoms with van der Waals surface area (Å²) in [6, 6.07) is 9.81. The van der Waals surface area contributed by atoms with Crippen LogP contribution in [0, 0.1) is 0 Å². The van der Waals surface area contributed by atoms with E-state index in [4.69, 9.17) is 21.1 Å². The Morgan fingerprint density at radius 3 is 2.38 bits per heavy atom. The fourth-order valence-corrected chi connectivity index (χ4v) is 2.55. The van der Waals surface area contributed by atoms with Crippen molar-refractivity contribution in [3.8, 4) is 0 Å². The van der Waals surface area contributed by atoms with Crippen molar-refractivity contribution in [2.24, 2.45) is 0 Å². The van der Waals surface area contributed by atoms with Crippen LogP contribution in [0.25, 0.3) is 11.1 Å².